The standard InChI is InChI=1S/C25H28N4O3S/c1-31-20-13-18(14-21(15-20)32-2)16-28-24(30)19-7-6-12-29(17-19)23-25(27-11-10-26-23)33-22-8-4-3-5-9-22/h3-5,8-11,13-15,19H,6-7,12,16-17H2,1-2H3,(H,28,30)/t19-/m1/s1. The zero-order valence-electron chi connectivity index (χ0n) is 18.9. The summed E-state index contributed by atoms with van der Waals surface area (Å²) in [5.41, 5.74) is 0.933. The molecule has 1 N–H and O–H groups in total. The summed E-state index contributed by atoms with van der Waals surface area (Å²) < 4.78 is 10.6. The van der Waals surface area contributed by atoms with E-state index in [9.17, 15) is 4.79 Å². The van der Waals surface area contributed by atoms with Gasteiger partial charge >= 0.3 is 0 Å². The van der Waals surface area contributed by atoms with Crippen LogP contribution in [0.2, 0.25) is 0 Å². The zero-order valence-corrected chi connectivity index (χ0v) is 19.7. The Hall–Kier alpha value is -3.26. The summed E-state index contributed by atoms with van der Waals surface area (Å²) in [4.78, 5) is 25.5. The largest absolute Gasteiger partial charge is 0.497 e. The number of amides is 1. The normalized spacial score (nSPS) is 15.7. The maximum Gasteiger partial charge on any atom is 0.225 e. The van der Waals surface area contributed by atoms with Gasteiger partial charge in [-0.1, -0.05) is 30.0 Å². The molecule has 1 aliphatic heterocycles. The summed E-state index contributed by atoms with van der Waals surface area (Å²) in [6.07, 6.45) is 5.21. The fourth-order valence-electron chi connectivity index (χ4n) is 3.89. The number of anilines is 1. The minimum atomic E-state index is -0.108. The first-order chi connectivity index (χ1) is 16.2. The third-order valence-electron chi connectivity index (χ3n) is 5.57. The van der Waals surface area contributed by atoms with E-state index in [-0.39, 0.29) is 11.8 Å². The molecule has 0 aliphatic carbocycles. The molecule has 4 rings (SSSR count). The van der Waals surface area contributed by atoms with E-state index in [0.29, 0.717) is 24.6 Å². The highest BCUT2D eigenvalue weighted by atomic mass is 32.2. The first-order valence-electron chi connectivity index (χ1n) is 10.9. The van der Waals surface area contributed by atoms with E-state index in [1.165, 1.54) is 0 Å². The van der Waals surface area contributed by atoms with E-state index in [1.54, 1.807) is 38.4 Å². The van der Waals surface area contributed by atoms with E-state index in [4.69, 9.17) is 9.47 Å². The molecule has 8 heteroatoms. The molecule has 1 saturated heterocycles. The Labute approximate surface area is 198 Å². The lowest BCUT2D eigenvalue weighted by atomic mass is 9.97. The molecule has 1 amide bonds. The predicted octanol–water partition coefficient (Wildman–Crippen LogP) is 4.18. The van der Waals surface area contributed by atoms with Gasteiger partial charge in [0.25, 0.3) is 0 Å². The number of piperidine rings is 1. The van der Waals surface area contributed by atoms with Crippen LogP contribution in [0, 0.1) is 5.92 Å². The molecule has 172 valence electrons. The number of hydrogen-bond donors (Lipinski definition) is 1. The predicted molar refractivity (Wildman–Crippen MR) is 129 cm³/mol. The van der Waals surface area contributed by atoms with Gasteiger partial charge < -0.3 is 19.7 Å². The van der Waals surface area contributed by atoms with Crippen LogP contribution in [0.5, 0.6) is 11.5 Å². The van der Waals surface area contributed by atoms with Crippen LogP contribution < -0.4 is 19.7 Å². The number of aromatic nitrogens is 2. The maximum atomic E-state index is 13.0. The van der Waals surface area contributed by atoms with Gasteiger partial charge in [-0.3, -0.25) is 4.79 Å². The molecular formula is C25H28N4O3S. The minimum Gasteiger partial charge on any atom is -0.497 e. The number of nitrogens with zero attached hydrogens (tertiary/aromatic N) is 3. The van der Waals surface area contributed by atoms with Crippen molar-refractivity contribution in [1.29, 1.82) is 0 Å². The lowest BCUT2D eigenvalue weighted by molar-refractivity contribution is -0.125. The number of carbonyl (C=O) groups is 1. The first-order valence-corrected chi connectivity index (χ1v) is 11.8. The van der Waals surface area contributed by atoms with Crippen molar-refractivity contribution in [1.82, 2.24) is 15.3 Å². The number of methoxy groups -OCH3 is 2. The molecule has 0 bridgehead atoms. The van der Waals surface area contributed by atoms with Crippen molar-refractivity contribution in [3.05, 3.63) is 66.5 Å². The molecule has 1 aromatic heterocycles. The molecule has 0 radical (unpaired) electrons. The van der Waals surface area contributed by atoms with Gasteiger partial charge in [0.1, 0.15) is 16.5 Å². The van der Waals surface area contributed by atoms with Crippen LogP contribution in [0.15, 0.2) is 70.8 Å². The van der Waals surface area contributed by atoms with Crippen LogP contribution in [0.25, 0.3) is 0 Å². The lowest BCUT2D eigenvalue weighted by Gasteiger charge is -2.33. The van der Waals surface area contributed by atoms with Crippen LogP contribution in [-0.2, 0) is 11.3 Å². The number of carbonyl (C=O) groups excluding carboxylic acids is 1. The van der Waals surface area contributed by atoms with E-state index in [1.807, 2.05) is 36.4 Å². The van der Waals surface area contributed by atoms with Crippen molar-refractivity contribution in [2.45, 2.75) is 29.3 Å². The van der Waals surface area contributed by atoms with Crippen molar-refractivity contribution in [2.24, 2.45) is 5.92 Å². The highest BCUT2D eigenvalue weighted by Gasteiger charge is 2.28. The van der Waals surface area contributed by atoms with Gasteiger partial charge in [-0.05, 0) is 42.7 Å². The van der Waals surface area contributed by atoms with E-state index >= 15 is 0 Å². The second-order valence-corrected chi connectivity index (χ2v) is 8.89. The van der Waals surface area contributed by atoms with Gasteiger partial charge in [-0.25, -0.2) is 9.97 Å². The second kappa shape index (κ2) is 11.0. The van der Waals surface area contributed by atoms with E-state index in [2.05, 4.69) is 32.3 Å². The van der Waals surface area contributed by atoms with Gasteiger partial charge in [0, 0.05) is 43.0 Å². The lowest BCUT2D eigenvalue weighted by Crippen LogP contribution is -2.43. The van der Waals surface area contributed by atoms with Gasteiger partial charge in [0.15, 0.2) is 5.82 Å². The number of hydrogen-bond acceptors (Lipinski definition) is 7. The Morgan fingerprint density at radius 3 is 2.55 bits per heavy atom. The maximum absolute atomic E-state index is 13.0. The minimum absolute atomic E-state index is 0.0441. The van der Waals surface area contributed by atoms with Crippen molar-refractivity contribution in [2.75, 3.05) is 32.2 Å². The Kier molecular flexibility index (Phi) is 7.67. The van der Waals surface area contributed by atoms with Crippen LogP contribution in [0.1, 0.15) is 18.4 Å². The Bertz CT molecular complexity index is 1060. The quantitative estimate of drug-likeness (QED) is 0.536. The molecule has 0 unspecified atom stereocenters. The summed E-state index contributed by atoms with van der Waals surface area (Å²) in [5, 5.41) is 3.93. The highest BCUT2D eigenvalue weighted by Crippen LogP contribution is 2.34. The fourth-order valence-corrected chi connectivity index (χ4v) is 4.80. The summed E-state index contributed by atoms with van der Waals surface area (Å²) in [6.45, 7) is 1.90. The second-order valence-electron chi connectivity index (χ2n) is 7.82. The molecule has 2 heterocycles. The summed E-state index contributed by atoms with van der Waals surface area (Å²) in [5.74, 6) is 2.17. The first kappa shape index (κ1) is 22.9. The average Bonchev–Trinajstić information content (AvgIpc) is 2.88. The smallest absolute Gasteiger partial charge is 0.225 e. The number of ether oxygens (including phenoxy) is 2. The Morgan fingerprint density at radius 1 is 1.09 bits per heavy atom. The summed E-state index contributed by atoms with van der Waals surface area (Å²) in [7, 11) is 3.23. The molecule has 1 atom stereocenters. The number of nitrogens with one attached hydrogen (secondary N) is 1. The van der Waals surface area contributed by atoms with Gasteiger partial charge in [-0.15, -0.1) is 0 Å². The molecular weight excluding hydrogens is 436 g/mol. The number of rotatable bonds is 8. The SMILES string of the molecule is COc1cc(CNC(=O)[C@@H]2CCCN(c3nccnc3Sc3ccccc3)C2)cc(OC)c1. The van der Waals surface area contributed by atoms with Crippen molar-refractivity contribution in [3.8, 4) is 11.5 Å². The van der Waals surface area contributed by atoms with Crippen molar-refractivity contribution in [3.63, 3.8) is 0 Å². The van der Waals surface area contributed by atoms with E-state index in [0.717, 1.165) is 40.7 Å². The summed E-state index contributed by atoms with van der Waals surface area (Å²) in [6, 6.07) is 15.8. The number of benzene rings is 2. The molecule has 1 aliphatic rings. The van der Waals surface area contributed by atoms with Crippen LogP contribution >= 0.6 is 11.8 Å². The Morgan fingerprint density at radius 2 is 1.82 bits per heavy atom. The molecule has 2 aromatic carbocycles. The van der Waals surface area contributed by atoms with Crippen LogP contribution in [0.3, 0.4) is 0 Å². The molecule has 1 fully saturated rings. The van der Waals surface area contributed by atoms with Crippen LogP contribution in [-0.4, -0.2) is 43.2 Å². The van der Waals surface area contributed by atoms with Gasteiger partial charge in [0.05, 0.1) is 20.1 Å². The monoisotopic (exact) mass is 464 g/mol. The fraction of sp³-hybridized carbons (Fsp3) is 0.320. The van der Waals surface area contributed by atoms with Gasteiger partial charge in [-0.2, -0.15) is 0 Å². The molecule has 0 spiro atoms. The molecule has 33 heavy (non-hydrogen) atoms. The van der Waals surface area contributed by atoms with Gasteiger partial charge in [0.2, 0.25) is 5.91 Å². The third kappa shape index (κ3) is 5.96. The molecule has 3 aromatic rings. The topological polar surface area (TPSA) is 76.6 Å². The van der Waals surface area contributed by atoms with Crippen LogP contribution in [0.4, 0.5) is 5.82 Å². The zero-order chi connectivity index (χ0) is 23.0. The van der Waals surface area contributed by atoms with E-state index < -0.39 is 0 Å². The molecule has 0 saturated carbocycles. The highest BCUT2D eigenvalue weighted by molar-refractivity contribution is 7.99. The van der Waals surface area contributed by atoms with Crippen molar-refractivity contribution >= 4 is 23.5 Å². The Balaban J connectivity index is 1.41. The average molecular weight is 465 g/mol. The molecule has 7 nitrogen and oxygen atoms in total. The third-order valence-corrected chi connectivity index (χ3v) is 6.56. The van der Waals surface area contributed by atoms with Crippen molar-refractivity contribution < 1.29 is 14.3 Å². The summed E-state index contributed by atoms with van der Waals surface area (Å²) >= 11 is 1.59.